The fourth-order valence-electron chi connectivity index (χ4n) is 1.94. The van der Waals surface area contributed by atoms with Crippen molar-refractivity contribution in [1.29, 1.82) is 0 Å². The molecule has 20 heavy (non-hydrogen) atoms. The number of carbonyl (C=O) groups excluding carboxylic acids is 1. The van der Waals surface area contributed by atoms with Gasteiger partial charge in [-0.15, -0.1) is 10.2 Å². The Morgan fingerprint density at radius 1 is 1.35 bits per heavy atom. The van der Waals surface area contributed by atoms with Crippen LogP contribution in [0.15, 0.2) is 30.3 Å². The minimum absolute atomic E-state index is 0.0567. The molecule has 1 N–H and O–H groups in total. The van der Waals surface area contributed by atoms with Crippen molar-refractivity contribution >= 4 is 22.4 Å². The second-order valence-corrected chi connectivity index (χ2v) is 5.36. The van der Waals surface area contributed by atoms with Crippen molar-refractivity contribution in [2.45, 2.75) is 25.9 Å². The molecule has 0 radical (unpaired) electrons. The van der Waals surface area contributed by atoms with Crippen molar-refractivity contribution in [3.05, 3.63) is 40.9 Å². The van der Waals surface area contributed by atoms with Crippen LogP contribution in [-0.4, -0.2) is 23.2 Å². The molecule has 1 heterocycles. The molecule has 2 aromatic rings. The quantitative estimate of drug-likeness (QED) is 0.889. The first-order valence-electron chi connectivity index (χ1n) is 6.41. The molecule has 0 bridgehead atoms. The predicted molar refractivity (Wildman–Crippen MR) is 78.7 cm³/mol. The molecule has 0 unspecified atom stereocenters. The fraction of sp³-hybridized carbons (Fsp3) is 0.357. The van der Waals surface area contributed by atoms with E-state index in [0.717, 1.165) is 17.0 Å². The molecule has 1 aromatic carbocycles. The van der Waals surface area contributed by atoms with Gasteiger partial charge in [0, 0.05) is 7.11 Å². The molecular weight excluding hydrogens is 274 g/mol. The summed E-state index contributed by atoms with van der Waals surface area (Å²) >= 11 is 1.33. The fourth-order valence-corrected chi connectivity index (χ4v) is 2.65. The summed E-state index contributed by atoms with van der Waals surface area (Å²) in [5.41, 5.74) is 1.01. The van der Waals surface area contributed by atoms with E-state index in [1.807, 2.05) is 37.3 Å². The monoisotopic (exact) mass is 291 g/mol. The van der Waals surface area contributed by atoms with Gasteiger partial charge in [-0.2, -0.15) is 0 Å². The number of hydrogen-bond donors (Lipinski definition) is 1. The van der Waals surface area contributed by atoms with Gasteiger partial charge in [0.25, 0.3) is 0 Å². The van der Waals surface area contributed by atoms with Crippen LogP contribution in [0.25, 0.3) is 0 Å². The Labute approximate surface area is 122 Å². The summed E-state index contributed by atoms with van der Waals surface area (Å²) in [7, 11) is 1.60. The topological polar surface area (TPSA) is 64.1 Å². The predicted octanol–water partition coefficient (Wildman–Crippen LogP) is 2.82. The van der Waals surface area contributed by atoms with Gasteiger partial charge < -0.3 is 4.74 Å². The van der Waals surface area contributed by atoms with Crippen LogP contribution in [0, 0.1) is 0 Å². The standard InChI is InChI=1S/C14H17N3O2S/c1-3-11(10-7-5-4-6-8-10)13(18)15-14-17-16-12(20-14)9-19-2/h4-8,11H,3,9H2,1-2H3,(H,15,17,18)/t11-/m1/s1. The Hall–Kier alpha value is -1.79. The lowest BCUT2D eigenvalue weighted by molar-refractivity contribution is -0.117. The van der Waals surface area contributed by atoms with Crippen LogP contribution < -0.4 is 5.32 Å². The van der Waals surface area contributed by atoms with Gasteiger partial charge in [0.05, 0.1) is 5.92 Å². The number of amides is 1. The van der Waals surface area contributed by atoms with Crippen LogP contribution in [0.3, 0.4) is 0 Å². The van der Waals surface area contributed by atoms with Crippen molar-refractivity contribution < 1.29 is 9.53 Å². The second kappa shape index (κ2) is 7.12. The maximum absolute atomic E-state index is 12.3. The van der Waals surface area contributed by atoms with Crippen LogP contribution >= 0.6 is 11.3 Å². The molecule has 0 spiro atoms. The normalized spacial score (nSPS) is 12.1. The summed E-state index contributed by atoms with van der Waals surface area (Å²) < 4.78 is 4.98. The van der Waals surface area contributed by atoms with Gasteiger partial charge in [-0.25, -0.2) is 0 Å². The van der Waals surface area contributed by atoms with E-state index in [9.17, 15) is 4.79 Å². The van der Waals surface area contributed by atoms with E-state index in [0.29, 0.717) is 11.7 Å². The average molecular weight is 291 g/mol. The second-order valence-electron chi connectivity index (χ2n) is 4.29. The van der Waals surface area contributed by atoms with Gasteiger partial charge in [0.2, 0.25) is 11.0 Å². The average Bonchev–Trinajstić information content (AvgIpc) is 2.88. The van der Waals surface area contributed by atoms with E-state index in [1.54, 1.807) is 7.11 Å². The van der Waals surface area contributed by atoms with Gasteiger partial charge in [0.15, 0.2) is 0 Å². The maximum Gasteiger partial charge on any atom is 0.233 e. The number of methoxy groups -OCH3 is 1. The van der Waals surface area contributed by atoms with Gasteiger partial charge in [-0.1, -0.05) is 48.6 Å². The Balaban J connectivity index is 2.05. The van der Waals surface area contributed by atoms with Crippen molar-refractivity contribution in [3.63, 3.8) is 0 Å². The summed E-state index contributed by atoms with van der Waals surface area (Å²) in [5.74, 6) is -0.232. The highest BCUT2D eigenvalue weighted by Crippen LogP contribution is 2.23. The number of anilines is 1. The van der Waals surface area contributed by atoms with Crippen molar-refractivity contribution in [3.8, 4) is 0 Å². The molecule has 0 saturated carbocycles. The molecule has 6 heteroatoms. The molecule has 5 nitrogen and oxygen atoms in total. The lowest BCUT2D eigenvalue weighted by atomic mass is 9.96. The number of nitrogens with zero attached hydrogens (tertiary/aromatic N) is 2. The summed E-state index contributed by atoms with van der Waals surface area (Å²) in [6.45, 7) is 2.40. The van der Waals surface area contributed by atoms with Crippen molar-refractivity contribution in [1.82, 2.24) is 10.2 Å². The number of benzene rings is 1. The van der Waals surface area contributed by atoms with Crippen molar-refractivity contribution in [2.24, 2.45) is 0 Å². The van der Waals surface area contributed by atoms with Crippen LogP contribution in [0.1, 0.15) is 29.8 Å². The molecule has 0 fully saturated rings. The molecule has 1 aromatic heterocycles. The van der Waals surface area contributed by atoms with E-state index >= 15 is 0 Å². The zero-order valence-electron chi connectivity index (χ0n) is 11.5. The Bertz CT molecular complexity index is 557. The third-order valence-electron chi connectivity index (χ3n) is 2.89. The zero-order chi connectivity index (χ0) is 14.4. The van der Waals surface area contributed by atoms with Crippen LogP contribution in [0.5, 0.6) is 0 Å². The van der Waals surface area contributed by atoms with E-state index in [-0.39, 0.29) is 11.8 Å². The highest BCUT2D eigenvalue weighted by Gasteiger charge is 2.19. The smallest absolute Gasteiger partial charge is 0.233 e. The Morgan fingerprint density at radius 2 is 2.10 bits per heavy atom. The number of nitrogens with one attached hydrogen (secondary N) is 1. The lowest BCUT2D eigenvalue weighted by Crippen LogP contribution is -2.20. The number of aromatic nitrogens is 2. The van der Waals surface area contributed by atoms with E-state index in [4.69, 9.17) is 4.74 Å². The van der Waals surface area contributed by atoms with E-state index in [1.165, 1.54) is 11.3 Å². The third kappa shape index (κ3) is 3.61. The first kappa shape index (κ1) is 14.6. The van der Waals surface area contributed by atoms with Gasteiger partial charge in [-0.3, -0.25) is 10.1 Å². The van der Waals surface area contributed by atoms with Crippen molar-refractivity contribution in [2.75, 3.05) is 12.4 Å². The molecule has 1 atom stereocenters. The minimum atomic E-state index is -0.175. The number of ether oxygens (including phenoxy) is 1. The minimum Gasteiger partial charge on any atom is -0.377 e. The van der Waals surface area contributed by atoms with E-state index < -0.39 is 0 Å². The Morgan fingerprint density at radius 3 is 2.75 bits per heavy atom. The molecule has 1 amide bonds. The summed E-state index contributed by atoms with van der Waals surface area (Å²) in [5, 5.41) is 12.0. The summed E-state index contributed by atoms with van der Waals surface area (Å²) in [6.07, 6.45) is 0.736. The molecule has 2 rings (SSSR count). The maximum atomic E-state index is 12.3. The molecule has 0 aliphatic carbocycles. The lowest BCUT2D eigenvalue weighted by Gasteiger charge is -2.13. The van der Waals surface area contributed by atoms with Gasteiger partial charge in [0.1, 0.15) is 11.6 Å². The zero-order valence-corrected chi connectivity index (χ0v) is 12.3. The first-order chi connectivity index (χ1) is 9.74. The number of rotatable bonds is 6. The van der Waals surface area contributed by atoms with Gasteiger partial charge in [-0.05, 0) is 12.0 Å². The highest BCUT2D eigenvalue weighted by molar-refractivity contribution is 7.15. The van der Waals surface area contributed by atoms with Crippen LogP contribution in [0.2, 0.25) is 0 Å². The molecular formula is C14H17N3O2S. The summed E-state index contributed by atoms with van der Waals surface area (Å²) in [4.78, 5) is 12.3. The van der Waals surface area contributed by atoms with Crippen LogP contribution in [-0.2, 0) is 16.1 Å². The largest absolute Gasteiger partial charge is 0.377 e. The van der Waals surface area contributed by atoms with Crippen LogP contribution in [0.4, 0.5) is 5.13 Å². The number of hydrogen-bond acceptors (Lipinski definition) is 5. The first-order valence-corrected chi connectivity index (χ1v) is 7.23. The number of carbonyl (C=O) groups is 1. The van der Waals surface area contributed by atoms with E-state index in [2.05, 4.69) is 15.5 Å². The molecule has 0 saturated heterocycles. The molecule has 0 aliphatic rings. The summed E-state index contributed by atoms with van der Waals surface area (Å²) in [6, 6.07) is 9.74. The van der Waals surface area contributed by atoms with Gasteiger partial charge >= 0.3 is 0 Å². The SMILES string of the molecule is CC[C@@H](C(=O)Nc1nnc(COC)s1)c1ccccc1. The third-order valence-corrected chi connectivity index (χ3v) is 3.70. The molecule has 106 valence electrons. The Kier molecular flexibility index (Phi) is 5.20. The highest BCUT2D eigenvalue weighted by atomic mass is 32.1. The molecule has 0 aliphatic heterocycles.